The number of ether oxygens (including phenoxy) is 1. The molecule has 2 amide bonds. The highest BCUT2D eigenvalue weighted by molar-refractivity contribution is 5.90. The summed E-state index contributed by atoms with van der Waals surface area (Å²) in [5, 5.41) is 8.48. The molecule has 0 aliphatic carbocycles. The Morgan fingerprint density at radius 1 is 1.14 bits per heavy atom. The van der Waals surface area contributed by atoms with Crippen molar-refractivity contribution < 1.29 is 19.5 Å². The molecule has 0 unspecified atom stereocenters. The monoisotopic (exact) mass is 382 g/mol. The number of aromatic nitrogens is 1. The SMILES string of the molecule is O=C(/C=C/c1ccc(N2CCN(C(=O)OCc3cccnc3)CC2)cc1)NO. The molecule has 3 rings (SSSR count). The molecule has 8 nitrogen and oxygen atoms in total. The minimum atomic E-state index is -0.574. The highest BCUT2D eigenvalue weighted by Gasteiger charge is 2.22. The van der Waals surface area contributed by atoms with Crippen LogP contribution >= 0.6 is 0 Å². The molecule has 1 saturated heterocycles. The van der Waals surface area contributed by atoms with E-state index in [-0.39, 0.29) is 12.7 Å². The summed E-state index contributed by atoms with van der Waals surface area (Å²) in [5.41, 5.74) is 4.31. The Morgan fingerprint density at radius 2 is 1.89 bits per heavy atom. The molecule has 2 aromatic rings. The van der Waals surface area contributed by atoms with E-state index in [2.05, 4.69) is 9.88 Å². The Bertz CT molecular complexity index is 816. The molecular weight excluding hydrogens is 360 g/mol. The standard InChI is InChI=1S/C20H22N4O4/c25-19(22-27)8-5-16-3-6-18(7-4-16)23-10-12-24(13-11-23)20(26)28-15-17-2-1-9-21-14-17/h1-9,14,27H,10-13,15H2,(H,22,25)/b8-5+. The number of nitrogens with one attached hydrogen (secondary N) is 1. The molecule has 2 N–H and O–H groups in total. The van der Waals surface area contributed by atoms with E-state index < -0.39 is 5.91 Å². The Hall–Kier alpha value is -3.39. The van der Waals surface area contributed by atoms with Gasteiger partial charge in [-0.25, -0.2) is 10.3 Å². The maximum absolute atomic E-state index is 12.2. The molecule has 2 heterocycles. The normalized spacial score (nSPS) is 14.2. The van der Waals surface area contributed by atoms with Crippen molar-refractivity contribution in [2.45, 2.75) is 6.61 Å². The number of pyridine rings is 1. The number of amides is 2. The van der Waals surface area contributed by atoms with Gasteiger partial charge in [-0.05, 0) is 29.8 Å². The first-order valence-corrected chi connectivity index (χ1v) is 8.93. The lowest BCUT2D eigenvalue weighted by Crippen LogP contribution is -2.48. The molecule has 28 heavy (non-hydrogen) atoms. The van der Waals surface area contributed by atoms with Crippen LogP contribution < -0.4 is 10.4 Å². The van der Waals surface area contributed by atoms with E-state index in [1.54, 1.807) is 28.8 Å². The Balaban J connectivity index is 1.47. The van der Waals surface area contributed by atoms with Crippen molar-refractivity contribution in [3.8, 4) is 0 Å². The first-order valence-electron chi connectivity index (χ1n) is 8.93. The average molecular weight is 382 g/mol. The van der Waals surface area contributed by atoms with Crippen molar-refractivity contribution in [1.29, 1.82) is 0 Å². The number of carbonyl (C=O) groups excluding carboxylic acids is 2. The van der Waals surface area contributed by atoms with Gasteiger partial charge in [-0.2, -0.15) is 0 Å². The predicted octanol–water partition coefficient (Wildman–Crippen LogP) is 2.06. The van der Waals surface area contributed by atoms with E-state index in [1.165, 1.54) is 6.08 Å². The molecule has 0 radical (unpaired) electrons. The molecule has 146 valence electrons. The zero-order chi connectivity index (χ0) is 19.8. The van der Waals surface area contributed by atoms with Gasteiger partial charge in [-0.3, -0.25) is 15.0 Å². The summed E-state index contributed by atoms with van der Waals surface area (Å²) in [4.78, 5) is 31.1. The lowest BCUT2D eigenvalue weighted by Gasteiger charge is -2.35. The molecule has 0 spiro atoms. The van der Waals surface area contributed by atoms with Crippen molar-refractivity contribution in [2.24, 2.45) is 0 Å². The van der Waals surface area contributed by atoms with Crippen LogP contribution in [0.2, 0.25) is 0 Å². The van der Waals surface area contributed by atoms with Gasteiger partial charge in [0.05, 0.1) is 0 Å². The van der Waals surface area contributed by atoms with Crippen molar-refractivity contribution in [2.75, 3.05) is 31.1 Å². The number of piperazine rings is 1. The summed E-state index contributed by atoms with van der Waals surface area (Å²) < 4.78 is 5.35. The van der Waals surface area contributed by atoms with Crippen LogP contribution in [0.15, 0.2) is 54.9 Å². The van der Waals surface area contributed by atoms with Gasteiger partial charge < -0.3 is 14.5 Å². The second-order valence-electron chi connectivity index (χ2n) is 6.29. The minimum Gasteiger partial charge on any atom is -0.444 e. The van der Waals surface area contributed by atoms with Crippen LogP contribution in [-0.4, -0.2) is 53.3 Å². The lowest BCUT2D eigenvalue weighted by atomic mass is 10.1. The predicted molar refractivity (Wildman–Crippen MR) is 104 cm³/mol. The second kappa shape index (κ2) is 9.52. The van der Waals surface area contributed by atoms with E-state index in [4.69, 9.17) is 9.94 Å². The number of hydrogen-bond acceptors (Lipinski definition) is 6. The van der Waals surface area contributed by atoms with Crippen LogP contribution in [0.4, 0.5) is 10.5 Å². The maximum atomic E-state index is 12.2. The van der Waals surface area contributed by atoms with E-state index in [0.29, 0.717) is 26.2 Å². The summed E-state index contributed by atoms with van der Waals surface area (Å²) in [6.45, 7) is 2.82. The zero-order valence-corrected chi connectivity index (χ0v) is 15.3. The molecule has 1 aromatic heterocycles. The fraction of sp³-hybridized carbons (Fsp3) is 0.250. The number of benzene rings is 1. The third-order valence-electron chi connectivity index (χ3n) is 4.42. The number of rotatable bonds is 5. The van der Waals surface area contributed by atoms with Crippen molar-refractivity contribution in [1.82, 2.24) is 15.4 Å². The topological polar surface area (TPSA) is 95.0 Å². The Kier molecular flexibility index (Phi) is 6.59. The number of nitrogens with zero attached hydrogens (tertiary/aromatic N) is 3. The van der Waals surface area contributed by atoms with Gasteiger partial charge in [0.2, 0.25) is 0 Å². The average Bonchev–Trinajstić information content (AvgIpc) is 2.77. The molecule has 1 aromatic carbocycles. The third kappa shape index (κ3) is 5.31. The largest absolute Gasteiger partial charge is 0.444 e. The van der Waals surface area contributed by atoms with Crippen LogP contribution in [-0.2, 0) is 16.1 Å². The summed E-state index contributed by atoms with van der Waals surface area (Å²) in [6.07, 6.45) is 5.92. The van der Waals surface area contributed by atoms with Gasteiger partial charge in [0.15, 0.2) is 0 Å². The summed E-state index contributed by atoms with van der Waals surface area (Å²) in [5.74, 6) is -0.574. The smallest absolute Gasteiger partial charge is 0.410 e. The van der Waals surface area contributed by atoms with Gasteiger partial charge in [-0.1, -0.05) is 18.2 Å². The van der Waals surface area contributed by atoms with E-state index in [1.807, 2.05) is 36.4 Å². The zero-order valence-electron chi connectivity index (χ0n) is 15.3. The molecule has 0 saturated carbocycles. The van der Waals surface area contributed by atoms with Crippen LogP contribution in [0.5, 0.6) is 0 Å². The first kappa shape index (κ1) is 19.4. The van der Waals surface area contributed by atoms with Gasteiger partial charge in [0.1, 0.15) is 6.61 Å². The number of carbonyl (C=O) groups is 2. The molecule has 1 aliphatic rings. The highest BCUT2D eigenvalue weighted by Crippen LogP contribution is 2.18. The van der Waals surface area contributed by atoms with E-state index in [0.717, 1.165) is 16.8 Å². The summed E-state index contributed by atoms with van der Waals surface area (Å²) >= 11 is 0. The number of anilines is 1. The van der Waals surface area contributed by atoms with Gasteiger partial charge in [0, 0.05) is 55.9 Å². The van der Waals surface area contributed by atoms with Crippen LogP contribution in [0, 0.1) is 0 Å². The number of hydroxylamine groups is 1. The highest BCUT2D eigenvalue weighted by atomic mass is 16.6. The quantitative estimate of drug-likeness (QED) is 0.467. The Labute approximate surface area is 163 Å². The fourth-order valence-corrected chi connectivity index (χ4v) is 2.87. The molecule has 1 fully saturated rings. The first-order chi connectivity index (χ1) is 13.7. The number of hydrogen-bond donors (Lipinski definition) is 2. The van der Waals surface area contributed by atoms with Crippen LogP contribution in [0.1, 0.15) is 11.1 Å². The minimum absolute atomic E-state index is 0.218. The molecular formula is C20H22N4O4. The van der Waals surface area contributed by atoms with E-state index in [9.17, 15) is 9.59 Å². The maximum Gasteiger partial charge on any atom is 0.410 e. The molecule has 0 atom stereocenters. The fourth-order valence-electron chi connectivity index (χ4n) is 2.87. The second-order valence-corrected chi connectivity index (χ2v) is 6.29. The van der Waals surface area contributed by atoms with Crippen LogP contribution in [0.25, 0.3) is 6.08 Å². The van der Waals surface area contributed by atoms with Gasteiger partial charge in [0.25, 0.3) is 5.91 Å². The molecule has 0 bridgehead atoms. The van der Waals surface area contributed by atoms with E-state index >= 15 is 0 Å². The van der Waals surface area contributed by atoms with Crippen LogP contribution in [0.3, 0.4) is 0 Å². The van der Waals surface area contributed by atoms with Crippen molar-refractivity contribution >= 4 is 23.8 Å². The lowest BCUT2D eigenvalue weighted by molar-refractivity contribution is -0.124. The third-order valence-corrected chi connectivity index (χ3v) is 4.42. The Morgan fingerprint density at radius 3 is 2.54 bits per heavy atom. The molecule has 8 heteroatoms. The van der Waals surface area contributed by atoms with Crippen molar-refractivity contribution in [3.63, 3.8) is 0 Å². The van der Waals surface area contributed by atoms with Gasteiger partial charge in [-0.15, -0.1) is 0 Å². The summed E-state index contributed by atoms with van der Waals surface area (Å²) in [7, 11) is 0. The van der Waals surface area contributed by atoms with Crippen molar-refractivity contribution in [3.05, 3.63) is 66.0 Å². The van der Waals surface area contributed by atoms with Gasteiger partial charge >= 0.3 is 6.09 Å². The molecule has 1 aliphatic heterocycles. The summed E-state index contributed by atoms with van der Waals surface area (Å²) in [6, 6.07) is 11.4.